The summed E-state index contributed by atoms with van der Waals surface area (Å²) >= 11 is 18.1. The second-order valence-corrected chi connectivity index (χ2v) is 5.92. The summed E-state index contributed by atoms with van der Waals surface area (Å²) in [6.07, 6.45) is 0. The standard InChI is InChI=1S/C15H16Cl3N5O/c1-3-23(4-2)12-8-11(18)19-14(20-12)22-15(24)21-13-9(16)6-5-7-10(13)17/h5-8H,3-4H2,1-2H3,(H2,19,20,21,22,24). The molecule has 2 N–H and O–H groups in total. The van der Waals surface area contributed by atoms with E-state index in [0.29, 0.717) is 21.6 Å². The number of nitrogens with zero attached hydrogens (tertiary/aromatic N) is 3. The molecule has 0 fully saturated rings. The van der Waals surface area contributed by atoms with Crippen LogP contribution in [0, 0.1) is 0 Å². The third-order valence-corrected chi connectivity index (χ3v) is 4.02. The zero-order valence-corrected chi connectivity index (χ0v) is 15.4. The van der Waals surface area contributed by atoms with E-state index in [-0.39, 0.29) is 11.1 Å². The summed E-state index contributed by atoms with van der Waals surface area (Å²) in [5, 5.41) is 5.99. The van der Waals surface area contributed by atoms with Crippen molar-refractivity contribution in [2.75, 3.05) is 28.6 Å². The van der Waals surface area contributed by atoms with Gasteiger partial charge in [-0.1, -0.05) is 40.9 Å². The van der Waals surface area contributed by atoms with E-state index in [1.54, 1.807) is 24.3 Å². The van der Waals surface area contributed by atoms with Crippen LogP contribution in [0.4, 0.5) is 22.2 Å². The molecular formula is C15H16Cl3N5O. The van der Waals surface area contributed by atoms with Gasteiger partial charge in [-0.15, -0.1) is 0 Å². The Bertz CT molecular complexity index is 717. The Morgan fingerprint density at radius 2 is 1.71 bits per heavy atom. The molecule has 0 atom stereocenters. The molecule has 1 aromatic carbocycles. The van der Waals surface area contributed by atoms with Gasteiger partial charge < -0.3 is 10.2 Å². The van der Waals surface area contributed by atoms with Crippen LogP contribution in [0.5, 0.6) is 0 Å². The molecule has 128 valence electrons. The molecule has 1 aromatic heterocycles. The Balaban J connectivity index is 2.17. The van der Waals surface area contributed by atoms with Crippen molar-refractivity contribution in [3.63, 3.8) is 0 Å². The molecule has 0 aliphatic heterocycles. The van der Waals surface area contributed by atoms with Gasteiger partial charge in [0.05, 0.1) is 15.7 Å². The number of benzene rings is 1. The van der Waals surface area contributed by atoms with E-state index in [9.17, 15) is 4.79 Å². The summed E-state index contributed by atoms with van der Waals surface area (Å²) in [7, 11) is 0. The minimum absolute atomic E-state index is 0.0880. The van der Waals surface area contributed by atoms with Crippen LogP contribution < -0.4 is 15.5 Å². The summed E-state index contributed by atoms with van der Waals surface area (Å²) in [6.45, 7) is 5.51. The van der Waals surface area contributed by atoms with Gasteiger partial charge in [-0.2, -0.15) is 4.98 Å². The number of anilines is 3. The number of halogens is 3. The topological polar surface area (TPSA) is 70.2 Å². The van der Waals surface area contributed by atoms with E-state index in [2.05, 4.69) is 20.6 Å². The minimum atomic E-state index is -0.572. The van der Waals surface area contributed by atoms with Gasteiger partial charge in [0.15, 0.2) is 0 Å². The maximum atomic E-state index is 12.1. The van der Waals surface area contributed by atoms with Crippen molar-refractivity contribution in [1.82, 2.24) is 9.97 Å². The molecule has 2 aromatic rings. The Kier molecular flexibility index (Phi) is 6.48. The zero-order chi connectivity index (χ0) is 17.7. The maximum Gasteiger partial charge on any atom is 0.326 e. The highest BCUT2D eigenvalue weighted by Crippen LogP contribution is 2.29. The lowest BCUT2D eigenvalue weighted by atomic mass is 10.3. The number of carbonyl (C=O) groups is 1. The molecule has 24 heavy (non-hydrogen) atoms. The lowest BCUT2D eigenvalue weighted by Gasteiger charge is -2.20. The first-order chi connectivity index (χ1) is 11.4. The summed E-state index contributed by atoms with van der Waals surface area (Å²) in [5.74, 6) is 0.719. The fraction of sp³-hybridized carbons (Fsp3) is 0.267. The molecule has 2 amide bonds. The van der Waals surface area contributed by atoms with Crippen LogP contribution in [0.25, 0.3) is 0 Å². The Hall–Kier alpha value is -1.76. The number of aromatic nitrogens is 2. The Morgan fingerprint density at radius 3 is 2.29 bits per heavy atom. The molecule has 9 heteroatoms. The number of urea groups is 1. The van der Waals surface area contributed by atoms with Crippen molar-refractivity contribution in [2.24, 2.45) is 0 Å². The van der Waals surface area contributed by atoms with Crippen molar-refractivity contribution < 1.29 is 4.79 Å². The van der Waals surface area contributed by atoms with Gasteiger partial charge in [-0.05, 0) is 26.0 Å². The molecule has 0 unspecified atom stereocenters. The number of hydrogen-bond donors (Lipinski definition) is 2. The average Bonchev–Trinajstić information content (AvgIpc) is 2.52. The van der Waals surface area contributed by atoms with E-state index in [4.69, 9.17) is 34.8 Å². The quantitative estimate of drug-likeness (QED) is 0.713. The number of amides is 2. The molecule has 1 heterocycles. The molecule has 0 radical (unpaired) electrons. The summed E-state index contributed by atoms with van der Waals surface area (Å²) in [5.41, 5.74) is 0.310. The number of carbonyl (C=O) groups excluding carboxylic acids is 1. The van der Waals surface area contributed by atoms with Crippen LogP contribution >= 0.6 is 34.8 Å². The Labute approximate surface area is 155 Å². The summed E-state index contributed by atoms with van der Waals surface area (Å²) in [4.78, 5) is 22.4. The number of rotatable bonds is 5. The maximum absolute atomic E-state index is 12.1. The van der Waals surface area contributed by atoms with Crippen molar-refractivity contribution in [3.05, 3.63) is 39.5 Å². The predicted octanol–water partition coefficient (Wildman–Crippen LogP) is 4.93. The third kappa shape index (κ3) is 4.63. The lowest BCUT2D eigenvalue weighted by Crippen LogP contribution is -2.25. The third-order valence-electron chi connectivity index (χ3n) is 3.20. The highest BCUT2D eigenvalue weighted by atomic mass is 35.5. The largest absolute Gasteiger partial charge is 0.357 e. The average molecular weight is 389 g/mol. The minimum Gasteiger partial charge on any atom is -0.357 e. The first-order valence-electron chi connectivity index (χ1n) is 7.26. The fourth-order valence-corrected chi connectivity index (χ4v) is 2.70. The molecule has 0 saturated carbocycles. The highest BCUT2D eigenvalue weighted by molar-refractivity contribution is 6.39. The van der Waals surface area contributed by atoms with Crippen LogP contribution in [0.15, 0.2) is 24.3 Å². The second-order valence-electron chi connectivity index (χ2n) is 4.72. The number of hydrogen-bond acceptors (Lipinski definition) is 4. The second kappa shape index (κ2) is 8.37. The van der Waals surface area contributed by atoms with Gasteiger partial charge in [0.2, 0.25) is 5.95 Å². The van der Waals surface area contributed by atoms with E-state index in [1.165, 1.54) is 0 Å². The van der Waals surface area contributed by atoms with E-state index in [1.807, 2.05) is 18.7 Å². The van der Waals surface area contributed by atoms with Gasteiger partial charge >= 0.3 is 6.03 Å². The smallest absolute Gasteiger partial charge is 0.326 e. The molecule has 2 rings (SSSR count). The van der Waals surface area contributed by atoms with E-state index < -0.39 is 6.03 Å². The number of nitrogens with one attached hydrogen (secondary N) is 2. The molecule has 0 saturated heterocycles. The van der Waals surface area contributed by atoms with Gasteiger partial charge in [0.1, 0.15) is 11.0 Å². The zero-order valence-electron chi connectivity index (χ0n) is 13.1. The fourth-order valence-electron chi connectivity index (χ4n) is 2.03. The first kappa shape index (κ1) is 18.6. The van der Waals surface area contributed by atoms with Crippen molar-refractivity contribution >= 4 is 58.3 Å². The van der Waals surface area contributed by atoms with Crippen LogP contribution in [0.1, 0.15) is 13.8 Å². The highest BCUT2D eigenvalue weighted by Gasteiger charge is 2.13. The van der Waals surface area contributed by atoms with Crippen molar-refractivity contribution in [2.45, 2.75) is 13.8 Å². The van der Waals surface area contributed by atoms with Gasteiger partial charge in [-0.3, -0.25) is 5.32 Å². The normalized spacial score (nSPS) is 10.4. The Morgan fingerprint density at radius 1 is 1.08 bits per heavy atom. The van der Waals surface area contributed by atoms with Crippen LogP contribution in [0.2, 0.25) is 15.2 Å². The molecule has 0 aliphatic carbocycles. The summed E-state index contributed by atoms with van der Waals surface area (Å²) in [6, 6.07) is 6.00. The molecule has 0 bridgehead atoms. The molecular weight excluding hydrogens is 373 g/mol. The van der Waals surface area contributed by atoms with Gasteiger partial charge in [0.25, 0.3) is 0 Å². The van der Waals surface area contributed by atoms with E-state index >= 15 is 0 Å². The van der Waals surface area contributed by atoms with Crippen LogP contribution in [-0.2, 0) is 0 Å². The SMILES string of the molecule is CCN(CC)c1cc(Cl)nc(NC(=O)Nc2c(Cl)cccc2Cl)n1. The molecule has 0 aliphatic rings. The first-order valence-corrected chi connectivity index (χ1v) is 8.39. The van der Waals surface area contributed by atoms with Crippen molar-refractivity contribution in [1.29, 1.82) is 0 Å². The van der Waals surface area contributed by atoms with Crippen LogP contribution in [0.3, 0.4) is 0 Å². The lowest BCUT2D eigenvalue weighted by molar-refractivity contribution is 0.262. The predicted molar refractivity (Wildman–Crippen MR) is 99.7 cm³/mol. The number of para-hydroxylation sites is 1. The van der Waals surface area contributed by atoms with Crippen LogP contribution in [-0.4, -0.2) is 29.1 Å². The van der Waals surface area contributed by atoms with Crippen molar-refractivity contribution in [3.8, 4) is 0 Å². The molecule has 6 nitrogen and oxygen atoms in total. The summed E-state index contributed by atoms with van der Waals surface area (Å²) < 4.78 is 0. The van der Waals surface area contributed by atoms with E-state index in [0.717, 1.165) is 13.1 Å². The van der Waals surface area contributed by atoms with Gasteiger partial charge in [-0.25, -0.2) is 9.78 Å². The molecule has 0 spiro atoms. The van der Waals surface area contributed by atoms with Gasteiger partial charge in [0, 0.05) is 19.2 Å². The monoisotopic (exact) mass is 387 g/mol.